The van der Waals surface area contributed by atoms with Crippen molar-refractivity contribution >= 4 is 11.6 Å². The number of alkyl halides is 1. The number of rotatable bonds is 4. The Labute approximate surface area is 131 Å². The molecule has 1 atom stereocenters. The Kier molecular flexibility index (Phi) is 6.35. The normalized spacial score (nSPS) is 18.9. The van der Waals surface area contributed by atoms with Gasteiger partial charge in [-0.25, -0.2) is 4.39 Å². The molecule has 1 aliphatic heterocycles. The lowest BCUT2D eigenvalue weighted by atomic mass is 10.0. The maximum Gasteiger partial charge on any atom is 0.137 e. The highest BCUT2D eigenvalue weighted by molar-refractivity contribution is 6.19. The third kappa shape index (κ3) is 4.91. The summed E-state index contributed by atoms with van der Waals surface area (Å²) in [5.41, 5.74) is 0.689. The van der Waals surface area contributed by atoms with Gasteiger partial charge in [0.1, 0.15) is 11.6 Å². The summed E-state index contributed by atoms with van der Waals surface area (Å²) in [4.78, 5) is 2.38. The zero-order chi connectivity index (χ0) is 15.1. The lowest BCUT2D eigenvalue weighted by Gasteiger charge is -2.32. The first-order valence-electron chi connectivity index (χ1n) is 7.38. The molecule has 21 heavy (non-hydrogen) atoms. The zero-order valence-corrected chi connectivity index (χ0v) is 13.1. The molecule has 0 aliphatic carbocycles. The Morgan fingerprint density at radius 1 is 1.43 bits per heavy atom. The highest BCUT2D eigenvalue weighted by atomic mass is 35.5. The predicted octanol–water partition coefficient (Wildman–Crippen LogP) is 3.67. The van der Waals surface area contributed by atoms with Crippen molar-refractivity contribution in [2.75, 3.05) is 26.1 Å². The van der Waals surface area contributed by atoms with Gasteiger partial charge >= 0.3 is 0 Å². The molecule has 1 heterocycles. The van der Waals surface area contributed by atoms with Crippen molar-refractivity contribution < 1.29 is 9.13 Å². The Hall–Kier alpha value is -1.24. The van der Waals surface area contributed by atoms with E-state index in [1.54, 1.807) is 6.07 Å². The third-order valence-electron chi connectivity index (χ3n) is 3.86. The topological polar surface area (TPSA) is 12.5 Å². The summed E-state index contributed by atoms with van der Waals surface area (Å²) in [6.07, 6.45) is 4.72. The second-order valence-corrected chi connectivity index (χ2v) is 5.61. The van der Waals surface area contributed by atoms with Crippen molar-refractivity contribution in [1.29, 1.82) is 0 Å². The summed E-state index contributed by atoms with van der Waals surface area (Å²) in [6.45, 7) is 1.73. The highest BCUT2D eigenvalue weighted by Crippen LogP contribution is 2.21. The molecule has 1 saturated heterocycles. The zero-order valence-electron chi connectivity index (χ0n) is 12.4. The van der Waals surface area contributed by atoms with Crippen LogP contribution in [0.5, 0.6) is 5.75 Å². The molecule has 1 aromatic carbocycles. The first-order chi connectivity index (χ1) is 10.2. The average Bonchev–Trinajstić information content (AvgIpc) is 2.48. The number of hydrogen-bond acceptors (Lipinski definition) is 2. The van der Waals surface area contributed by atoms with Crippen LogP contribution in [0.1, 0.15) is 31.2 Å². The molecule has 0 aromatic heterocycles. The Bertz CT molecular complexity index is 523. The van der Waals surface area contributed by atoms with E-state index in [0.29, 0.717) is 24.0 Å². The highest BCUT2D eigenvalue weighted by Gasteiger charge is 2.18. The van der Waals surface area contributed by atoms with E-state index in [-0.39, 0.29) is 11.7 Å². The molecule has 1 aliphatic rings. The van der Waals surface area contributed by atoms with Crippen LogP contribution >= 0.6 is 11.6 Å². The minimum Gasteiger partial charge on any atom is -0.492 e. The molecule has 0 amide bonds. The van der Waals surface area contributed by atoms with E-state index >= 15 is 0 Å². The van der Waals surface area contributed by atoms with Crippen LogP contribution in [-0.2, 0) is 0 Å². The summed E-state index contributed by atoms with van der Waals surface area (Å²) < 4.78 is 19.1. The van der Waals surface area contributed by atoms with Gasteiger partial charge in [0.25, 0.3) is 0 Å². The molecule has 0 bridgehead atoms. The quantitative estimate of drug-likeness (QED) is 0.621. The summed E-state index contributed by atoms with van der Waals surface area (Å²) in [5.74, 6) is 6.13. The fraction of sp³-hybridized carbons (Fsp3) is 0.529. The van der Waals surface area contributed by atoms with Crippen molar-refractivity contribution in [3.63, 3.8) is 0 Å². The van der Waals surface area contributed by atoms with Gasteiger partial charge in [0, 0.05) is 12.1 Å². The third-order valence-corrected chi connectivity index (χ3v) is 4.00. The van der Waals surface area contributed by atoms with Crippen LogP contribution in [0, 0.1) is 17.7 Å². The van der Waals surface area contributed by atoms with Gasteiger partial charge in [-0.05, 0) is 45.0 Å². The standard InChI is InChI=1S/C17H21ClFNO/c1-20-11-3-2-6-16(20)9-12-21-17-13-15(19)8-7-14(17)5-4-10-18/h7-8,13,16H,2-3,6,9-12H2,1H3. The smallest absolute Gasteiger partial charge is 0.137 e. The molecule has 2 nitrogen and oxygen atoms in total. The van der Waals surface area contributed by atoms with Gasteiger partial charge in [-0.3, -0.25) is 0 Å². The number of ether oxygens (including phenoxy) is 1. The van der Waals surface area contributed by atoms with Crippen molar-refractivity contribution in [3.05, 3.63) is 29.6 Å². The molecule has 0 spiro atoms. The van der Waals surface area contributed by atoms with Crippen LogP contribution < -0.4 is 4.74 Å². The van der Waals surface area contributed by atoms with Crippen LogP contribution in [-0.4, -0.2) is 37.0 Å². The molecule has 1 fully saturated rings. The molecule has 0 N–H and O–H groups in total. The van der Waals surface area contributed by atoms with Crippen LogP contribution in [0.3, 0.4) is 0 Å². The number of hydrogen-bond donors (Lipinski definition) is 0. The fourth-order valence-electron chi connectivity index (χ4n) is 2.66. The van der Waals surface area contributed by atoms with Gasteiger partial charge in [0.05, 0.1) is 18.1 Å². The Balaban J connectivity index is 1.94. The van der Waals surface area contributed by atoms with E-state index < -0.39 is 0 Å². The second-order valence-electron chi connectivity index (χ2n) is 5.34. The van der Waals surface area contributed by atoms with Crippen LogP contribution in [0.15, 0.2) is 18.2 Å². The second kappa shape index (κ2) is 8.26. The van der Waals surface area contributed by atoms with Gasteiger partial charge < -0.3 is 9.64 Å². The first kappa shape index (κ1) is 16.1. The van der Waals surface area contributed by atoms with Gasteiger partial charge in [-0.15, -0.1) is 11.6 Å². The summed E-state index contributed by atoms with van der Waals surface area (Å²) in [6, 6.07) is 4.98. The van der Waals surface area contributed by atoms with Gasteiger partial charge in [-0.2, -0.15) is 0 Å². The molecular formula is C17H21ClFNO. The van der Waals surface area contributed by atoms with E-state index in [0.717, 1.165) is 13.0 Å². The molecule has 0 saturated carbocycles. The molecule has 114 valence electrons. The van der Waals surface area contributed by atoms with Crippen molar-refractivity contribution in [2.45, 2.75) is 31.7 Å². The largest absolute Gasteiger partial charge is 0.492 e. The number of benzene rings is 1. The van der Waals surface area contributed by atoms with Crippen LogP contribution in [0.25, 0.3) is 0 Å². The predicted molar refractivity (Wildman–Crippen MR) is 84.4 cm³/mol. The Morgan fingerprint density at radius 3 is 3.05 bits per heavy atom. The SMILES string of the molecule is CN1CCCCC1CCOc1cc(F)ccc1C#CCCl. The van der Waals surface area contributed by atoms with Gasteiger partial charge in [0.2, 0.25) is 0 Å². The van der Waals surface area contributed by atoms with Crippen molar-refractivity contribution in [1.82, 2.24) is 4.90 Å². The minimum absolute atomic E-state index is 0.254. The van der Waals surface area contributed by atoms with Crippen LogP contribution in [0.2, 0.25) is 0 Å². The molecule has 1 aromatic rings. The van der Waals surface area contributed by atoms with Gasteiger partial charge in [0.15, 0.2) is 0 Å². The summed E-state index contributed by atoms with van der Waals surface area (Å²) >= 11 is 5.56. The van der Waals surface area contributed by atoms with E-state index in [1.165, 1.54) is 31.4 Å². The molecule has 0 radical (unpaired) electrons. The van der Waals surface area contributed by atoms with Crippen LogP contribution in [0.4, 0.5) is 4.39 Å². The lowest BCUT2D eigenvalue weighted by Crippen LogP contribution is -2.37. The fourth-order valence-corrected chi connectivity index (χ4v) is 2.73. The maximum atomic E-state index is 13.4. The number of nitrogens with zero attached hydrogens (tertiary/aromatic N) is 1. The maximum absolute atomic E-state index is 13.4. The summed E-state index contributed by atoms with van der Waals surface area (Å²) in [5, 5.41) is 0. The number of halogens is 2. The molecule has 2 rings (SSSR count). The van der Waals surface area contributed by atoms with Crippen molar-refractivity contribution in [2.24, 2.45) is 0 Å². The number of likely N-dealkylation sites (tertiary alicyclic amines) is 1. The lowest BCUT2D eigenvalue weighted by molar-refractivity contribution is 0.153. The molecule has 1 unspecified atom stereocenters. The first-order valence-corrected chi connectivity index (χ1v) is 7.91. The molecular weight excluding hydrogens is 289 g/mol. The van der Waals surface area contributed by atoms with Crippen molar-refractivity contribution in [3.8, 4) is 17.6 Å². The van der Waals surface area contributed by atoms with E-state index in [1.807, 2.05) is 0 Å². The monoisotopic (exact) mass is 309 g/mol. The minimum atomic E-state index is -0.309. The number of piperidine rings is 1. The Morgan fingerprint density at radius 2 is 2.29 bits per heavy atom. The van der Waals surface area contributed by atoms with E-state index in [2.05, 4.69) is 23.8 Å². The summed E-state index contributed by atoms with van der Waals surface area (Å²) in [7, 11) is 2.16. The van der Waals surface area contributed by atoms with E-state index in [9.17, 15) is 4.39 Å². The van der Waals surface area contributed by atoms with Gasteiger partial charge in [-0.1, -0.05) is 18.3 Å². The average molecular weight is 310 g/mol. The molecule has 4 heteroatoms. The van der Waals surface area contributed by atoms with E-state index in [4.69, 9.17) is 16.3 Å².